The molecule has 0 saturated heterocycles. The van der Waals surface area contributed by atoms with Gasteiger partial charge in [-0.1, -0.05) is 15.9 Å². The number of ether oxygens (including phenoxy) is 1. The van der Waals surface area contributed by atoms with Gasteiger partial charge in [-0.25, -0.2) is 0 Å². The van der Waals surface area contributed by atoms with Crippen LogP contribution < -0.4 is 5.32 Å². The molecule has 1 saturated carbocycles. The molecule has 0 amide bonds. The molecule has 2 rings (SSSR count). The van der Waals surface area contributed by atoms with E-state index in [-0.39, 0.29) is 0 Å². The number of halogens is 1. The van der Waals surface area contributed by atoms with Crippen molar-refractivity contribution in [2.24, 2.45) is 0 Å². The van der Waals surface area contributed by atoms with Gasteiger partial charge in [-0.15, -0.1) is 11.8 Å². The fourth-order valence-corrected chi connectivity index (χ4v) is 2.96. The molecule has 0 bridgehead atoms. The van der Waals surface area contributed by atoms with Gasteiger partial charge in [-0.2, -0.15) is 0 Å². The Morgan fingerprint density at radius 3 is 3.00 bits per heavy atom. The molecule has 1 fully saturated rings. The molecular weight excluding hydrogens is 298 g/mol. The topological polar surface area (TPSA) is 21.3 Å². The summed E-state index contributed by atoms with van der Waals surface area (Å²) in [5.74, 6) is 1.01. The summed E-state index contributed by atoms with van der Waals surface area (Å²) in [6.07, 6.45) is 2.67. The van der Waals surface area contributed by atoms with Crippen LogP contribution in [0.25, 0.3) is 0 Å². The van der Waals surface area contributed by atoms with Crippen LogP contribution in [0.4, 0.5) is 0 Å². The first-order valence-corrected chi connectivity index (χ1v) is 7.71. The molecule has 0 heterocycles. The highest BCUT2D eigenvalue weighted by atomic mass is 79.9. The smallest absolute Gasteiger partial charge is 0.0556 e. The lowest BCUT2D eigenvalue weighted by Gasteiger charge is -2.10. The standard InChI is InChI=1S/C13H18BrNOS/c1-16-6-7-17-13-5-2-11(14)8-10(13)9-15-12-3-4-12/h2,5,8,12,15H,3-4,6-7,9H2,1H3. The predicted molar refractivity (Wildman–Crippen MR) is 76.6 cm³/mol. The van der Waals surface area contributed by atoms with Crippen LogP contribution in [0, 0.1) is 0 Å². The van der Waals surface area contributed by atoms with E-state index in [0.29, 0.717) is 0 Å². The molecule has 1 N–H and O–H groups in total. The molecule has 4 heteroatoms. The van der Waals surface area contributed by atoms with E-state index in [9.17, 15) is 0 Å². The van der Waals surface area contributed by atoms with Gasteiger partial charge >= 0.3 is 0 Å². The van der Waals surface area contributed by atoms with Crippen molar-refractivity contribution in [3.8, 4) is 0 Å². The Labute approximate surface area is 116 Å². The number of hydrogen-bond donors (Lipinski definition) is 1. The molecule has 0 atom stereocenters. The van der Waals surface area contributed by atoms with Gasteiger partial charge < -0.3 is 10.1 Å². The summed E-state index contributed by atoms with van der Waals surface area (Å²) in [5, 5.41) is 3.57. The second-order valence-corrected chi connectivity index (χ2v) is 6.30. The third-order valence-corrected chi connectivity index (χ3v) is 4.30. The molecule has 0 aromatic heterocycles. The van der Waals surface area contributed by atoms with E-state index in [4.69, 9.17) is 4.74 Å². The lowest BCUT2D eigenvalue weighted by atomic mass is 10.2. The van der Waals surface area contributed by atoms with Crippen LogP contribution in [0.2, 0.25) is 0 Å². The van der Waals surface area contributed by atoms with Crippen LogP contribution in [0.15, 0.2) is 27.6 Å². The Bertz CT molecular complexity index is 368. The van der Waals surface area contributed by atoms with Crippen molar-refractivity contribution < 1.29 is 4.74 Å². The Hall–Kier alpha value is -0.0300. The molecule has 1 aliphatic rings. The molecule has 0 aliphatic heterocycles. The monoisotopic (exact) mass is 315 g/mol. The third kappa shape index (κ3) is 4.62. The van der Waals surface area contributed by atoms with Gasteiger partial charge in [-0.05, 0) is 36.6 Å². The zero-order chi connectivity index (χ0) is 12.1. The maximum Gasteiger partial charge on any atom is 0.0556 e. The molecule has 0 radical (unpaired) electrons. The van der Waals surface area contributed by atoms with Gasteiger partial charge in [0.1, 0.15) is 0 Å². The van der Waals surface area contributed by atoms with Crippen molar-refractivity contribution in [2.45, 2.75) is 30.3 Å². The van der Waals surface area contributed by atoms with Crippen molar-refractivity contribution in [3.63, 3.8) is 0 Å². The van der Waals surface area contributed by atoms with Gasteiger partial charge in [0.15, 0.2) is 0 Å². The number of nitrogens with one attached hydrogen (secondary N) is 1. The predicted octanol–water partition coefficient (Wildman–Crippen LogP) is 3.44. The van der Waals surface area contributed by atoms with Crippen molar-refractivity contribution in [2.75, 3.05) is 19.5 Å². The van der Waals surface area contributed by atoms with E-state index in [2.05, 4.69) is 39.4 Å². The lowest BCUT2D eigenvalue weighted by Crippen LogP contribution is -2.15. The SMILES string of the molecule is COCCSc1ccc(Br)cc1CNC1CC1. The normalized spacial score (nSPS) is 15.2. The van der Waals surface area contributed by atoms with Crippen LogP contribution >= 0.6 is 27.7 Å². The second kappa shape index (κ2) is 6.78. The van der Waals surface area contributed by atoms with E-state index in [1.165, 1.54) is 23.3 Å². The molecule has 94 valence electrons. The highest BCUT2D eigenvalue weighted by Gasteiger charge is 2.20. The van der Waals surface area contributed by atoms with E-state index >= 15 is 0 Å². The fraction of sp³-hybridized carbons (Fsp3) is 0.538. The first kappa shape index (κ1) is 13.4. The van der Waals surface area contributed by atoms with Crippen molar-refractivity contribution in [1.29, 1.82) is 0 Å². The Balaban J connectivity index is 1.95. The number of benzene rings is 1. The van der Waals surface area contributed by atoms with Gasteiger partial charge in [0.2, 0.25) is 0 Å². The molecule has 1 aromatic rings. The summed E-state index contributed by atoms with van der Waals surface area (Å²) >= 11 is 5.41. The van der Waals surface area contributed by atoms with Crippen LogP contribution in [-0.4, -0.2) is 25.5 Å². The Morgan fingerprint density at radius 2 is 2.29 bits per heavy atom. The van der Waals surface area contributed by atoms with E-state index in [0.717, 1.165) is 29.4 Å². The maximum atomic E-state index is 5.09. The third-order valence-electron chi connectivity index (χ3n) is 2.73. The Kier molecular flexibility index (Phi) is 5.35. The van der Waals surface area contributed by atoms with Gasteiger partial charge in [0.05, 0.1) is 6.61 Å². The highest BCUT2D eigenvalue weighted by Crippen LogP contribution is 2.27. The molecule has 0 spiro atoms. The lowest BCUT2D eigenvalue weighted by molar-refractivity contribution is 0.218. The van der Waals surface area contributed by atoms with E-state index in [1.807, 2.05) is 11.8 Å². The zero-order valence-corrected chi connectivity index (χ0v) is 12.4. The van der Waals surface area contributed by atoms with Crippen molar-refractivity contribution in [3.05, 3.63) is 28.2 Å². The number of rotatable bonds is 7. The average Bonchev–Trinajstić information content (AvgIpc) is 3.13. The van der Waals surface area contributed by atoms with Crippen molar-refractivity contribution >= 4 is 27.7 Å². The van der Waals surface area contributed by atoms with Crippen LogP contribution in [0.1, 0.15) is 18.4 Å². The minimum absolute atomic E-state index is 0.755. The first-order valence-electron chi connectivity index (χ1n) is 5.93. The van der Waals surface area contributed by atoms with Crippen molar-refractivity contribution in [1.82, 2.24) is 5.32 Å². The molecule has 1 aromatic carbocycles. The minimum atomic E-state index is 0.755. The van der Waals surface area contributed by atoms with E-state index in [1.54, 1.807) is 7.11 Å². The first-order chi connectivity index (χ1) is 8.29. The number of hydrogen-bond acceptors (Lipinski definition) is 3. The second-order valence-electron chi connectivity index (χ2n) is 4.25. The maximum absolute atomic E-state index is 5.09. The average molecular weight is 316 g/mol. The fourth-order valence-electron chi connectivity index (χ4n) is 1.60. The summed E-state index contributed by atoms with van der Waals surface area (Å²) < 4.78 is 6.24. The zero-order valence-electron chi connectivity index (χ0n) is 10.0. The summed E-state index contributed by atoms with van der Waals surface area (Å²) in [6, 6.07) is 7.26. The Morgan fingerprint density at radius 1 is 1.47 bits per heavy atom. The van der Waals surface area contributed by atoms with Gasteiger partial charge in [0, 0.05) is 34.8 Å². The van der Waals surface area contributed by atoms with E-state index < -0.39 is 0 Å². The summed E-state index contributed by atoms with van der Waals surface area (Å²) in [5.41, 5.74) is 1.38. The highest BCUT2D eigenvalue weighted by molar-refractivity contribution is 9.10. The molecule has 17 heavy (non-hydrogen) atoms. The summed E-state index contributed by atoms with van der Waals surface area (Å²) in [4.78, 5) is 1.36. The summed E-state index contributed by atoms with van der Waals surface area (Å²) in [7, 11) is 1.75. The van der Waals surface area contributed by atoms with Crippen LogP contribution in [0.3, 0.4) is 0 Å². The van der Waals surface area contributed by atoms with Gasteiger partial charge in [0.25, 0.3) is 0 Å². The number of methoxy groups -OCH3 is 1. The number of thioether (sulfide) groups is 1. The minimum Gasteiger partial charge on any atom is -0.384 e. The summed E-state index contributed by atoms with van der Waals surface area (Å²) in [6.45, 7) is 1.77. The molecule has 1 aliphatic carbocycles. The van der Waals surface area contributed by atoms with Gasteiger partial charge in [-0.3, -0.25) is 0 Å². The van der Waals surface area contributed by atoms with Crippen LogP contribution in [-0.2, 0) is 11.3 Å². The van der Waals surface area contributed by atoms with Crippen LogP contribution in [0.5, 0.6) is 0 Å². The molecular formula is C13H18BrNOS. The largest absolute Gasteiger partial charge is 0.384 e. The molecule has 0 unspecified atom stereocenters. The quantitative estimate of drug-likeness (QED) is 0.615. The molecule has 2 nitrogen and oxygen atoms in total.